The number of amides is 2. The van der Waals surface area contributed by atoms with Crippen LogP contribution >= 0.6 is 46.0 Å². The van der Waals surface area contributed by atoms with Gasteiger partial charge in [-0.05, 0) is 94.5 Å². The number of carbonyl (C=O) groups excluding carboxylic acids is 3. The summed E-state index contributed by atoms with van der Waals surface area (Å²) in [4.78, 5) is 38.8. The Labute approximate surface area is 201 Å². The van der Waals surface area contributed by atoms with Gasteiger partial charge in [0.25, 0.3) is 11.1 Å². The second kappa shape index (κ2) is 9.25. The molecule has 4 rings (SSSR count). The number of esters is 1. The fourth-order valence-corrected chi connectivity index (χ4v) is 4.43. The average molecular weight is 562 g/mol. The number of imide groups is 1. The Kier molecular flexibility index (Phi) is 6.45. The first-order valence-corrected chi connectivity index (χ1v) is 11.3. The van der Waals surface area contributed by atoms with E-state index in [1.165, 1.54) is 0 Å². The molecule has 0 N–H and O–H groups in total. The van der Waals surface area contributed by atoms with Gasteiger partial charge in [-0.25, -0.2) is 9.69 Å². The highest BCUT2D eigenvalue weighted by Gasteiger charge is 2.36. The zero-order chi connectivity index (χ0) is 22.0. The van der Waals surface area contributed by atoms with E-state index in [2.05, 4.69) is 22.6 Å². The van der Waals surface area contributed by atoms with Crippen molar-refractivity contribution in [3.63, 3.8) is 0 Å². The van der Waals surface area contributed by atoms with Gasteiger partial charge in [-0.2, -0.15) is 0 Å². The number of nitrogens with zero attached hydrogens (tertiary/aromatic N) is 1. The highest BCUT2D eigenvalue weighted by atomic mass is 127. The smallest absolute Gasteiger partial charge is 0.344 e. The molecule has 2 amide bonds. The third kappa shape index (κ3) is 4.84. The zero-order valence-electron chi connectivity index (χ0n) is 15.7. The molecule has 3 aromatic rings. The van der Waals surface area contributed by atoms with Gasteiger partial charge in [0, 0.05) is 8.59 Å². The van der Waals surface area contributed by atoms with Crippen LogP contribution in [0.1, 0.15) is 15.9 Å². The van der Waals surface area contributed by atoms with E-state index in [0.29, 0.717) is 32.5 Å². The minimum Gasteiger partial charge on any atom is -0.423 e. The van der Waals surface area contributed by atoms with E-state index in [0.717, 1.165) is 20.2 Å². The van der Waals surface area contributed by atoms with Crippen LogP contribution in [0.5, 0.6) is 5.75 Å². The summed E-state index contributed by atoms with van der Waals surface area (Å²) in [5.74, 6) is -0.454. The van der Waals surface area contributed by atoms with Crippen molar-refractivity contribution in [3.8, 4) is 5.75 Å². The lowest BCUT2D eigenvalue weighted by atomic mass is 10.2. The van der Waals surface area contributed by atoms with Crippen LogP contribution in [0.4, 0.5) is 10.5 Å². The molecule has 154 valence electrons. The highest BCUT2D eigenvalue weighted by molar-refractivity contribution is 14.1. The molecule has 0 atom stereocenters. The van der Waals surface area contributed by atoms with Crippen molar-refractivity contribution in [1.82, 2.24) is 0 Å². The molecule has 1 heterocycles. The number of rotatable bonds is 4. The number of carbonyl (C=O) groups is 3. The Morgan fingerprint density at radius 2 is 1.65 bits per heavy atom. The Hall–Kier alpha value is -2.62. The van der Waals surface area contributed by atoms with Crippen LogP contribution in [0, 0.1) is 3.57 Å². The van der Waals surface area contributed by atoms with Crippen LogP contribution in [-0.4, -0.2) is 17.1 Å². The normalized spacial score (nSPS) is 14.9. The molecule has 5 nitrogen and oxygen atoms in total. The second-order valence-electron chi connectivity index (χ2n) is 6.43. The minimum atomic E-state index is -0.443. The van der Waals surface area contributed by atoms with E-state index in [1.807, 2.05) is 12.1 Å². The van der Waals surface area contributed by atoms with Crippen molar-refractivity contribution in [2.45, 2.75) is 0 Å². The molecule has 1 aliphatic rings. The van der Waals surface area contributed by atoms with Crippen molar-refractivity contribution in [2.24, 2.45) is 0 Å². The van der Waals surface area contributed by atoms with Gasteiger partial charge >= 0.3 is 5.97 Å². The lowest BCUT2D eigenvalue weighted by Crippen LogP contribution is -2.27. The van der Waals surface area contributed by atoms with E-state index in [4.69, 9.17) is 16.3 Å². The third-order valence-electron chi connectivity index (χ3n) is 4.36. The van der Waals surface area contributed by atoms with E-state index in [-0.39, 0.29) is 5.24 Å². The molecule has 0 aromatic heterocycles. The van der Waals surface area contributed by atoms with Crippen LogP contribution in [0.3, 0.4) is 0 Å². The Bertz CT molecular complexity index is 1210. The topological polar surface area (TPSA) is 63.7 Å². The van der Waals surface area contributed by atoms with Gasteiger partial charge in [-0.3, -0.25) is 9.59 Å². The van der Waals surface area contributed by atoms with Crippen LogP contribution < -0.4 is 9.64 Å². The maximum Gasteiger partial charge on any atom is 0.344 e. The number of ether oxygens (including phenoxy) is 1. The van der Waals surface area contributed by atoms with E-state index in [9.17, 15) is 14.4 Å². The number of hydrogen-bond acceptors (Lipinski definition) is 5. The summed E-state index contributed by atoms with van der Waals surface area (Å²) in [5.41, 5.74) is 1.66. The summed E-state index contributed by atoms with van der Waals surface area (Å²) in [6.45, 7) is 0. The SMILES string of the molecule is O=C(Oc1ccc(/C=C2\SC(=O)N(c3ccc(Cl)cc3)C2=O)cc1)c1ccccc1I. The predicted octanol–water partition coefficient (Wildman–Crippen LogP) is 6.40. The predicted molar refractivity (Wildman–Crippen MR) is 130 cm³/mol. The number of benzene rings is 3. The molecule has 1 fully saturated rings. The van der Waals surface area contributed by atoms with Gasteiger partial charge in [0.05, 0.1) is 16.2 Å². The molecular formula is C23H13ClINO4S. The Morgan fingerprint density at radius 3 is 2.32 bits per heavy atom. The van der Waals surface area contributed by atoms with Crippen molar-refractivity contribution < 1.29 is 19.1 Å². The Morgan fingerprint density at radius 1 is 0.968 bits per heavy atom. The van der Waals surface area contributed by atoms with Crippen molar-refractivity contribution in [1.29, 1.82) is 0 Å². The van der Waals surface area contributed by atoms with Crippen molar-refractivity contribution in [2.75, 3.05) is 4.90 Å². The molecule has 1 aliphatic heterocycles. The van der Waals surface area contributed by atoms with E-state index >= 15 is 0 Å². The molecule has 3 aromatic carbocycles. The summed E-state index contributed by atoms with van der Waals surface area (Å²) in [7, 11) is 0. The molecule has 0 aliphatic carbocycles. The summed E-state index contributed by atoms with van der Waals surface area (Å²) in [5, 5.41) is 0.149. The summed E-state index contributed by atoms with van der Waals surface area (Å²) in [6, 6.07) is 20.4. The molecule has 0 radical (unpaired) electrons. The summed E-state index contributed by atoms with van der Waals surface area (Å²) in [6.07, 6.45) is 1.63. The van der Waals surface area contributed by atoms with Gasteiger partial charge in [0.15, 0.2) is 0 Å². The van der Waals surface area contributed by atoms with Crippen LogP contribution in [0.2, 0.25) is 5.02 Å². The standard InChI is InChI=1S/C23H13ClINO4S/c24-15-7-9-16(10-8-15)26-21(27)20(31-23(26)29)13-14-5-11-17(12-6-14)30-22(28)18-3-1-2-4-19(18)25/h1-13H/b20-13-. The van der Waals surface area contributed by atoms with Crippen LogP contribution in [0.25, 0.3) is 6.08 Å². The van der Waals surface area contributed by atoms with Gasteiger partial charge < -0.3 is 4.74 Å². The maximum atomic E-state index is 12.7. The lowest BCUT2D eigenvalue weighted by Gasteiger charge is -2.12. The first-order chi connectivity index (χ1) is 14.9. The number of anilines is 1. The number of thioether (sulfide) groups is 1. The molecule has 0 unspecified atom stereocenters. The molecular weight excluding hydrogens is 549 g/mol. The first kappa shape index (κ1) is 21.6. The van der Waals surface area contributed by atoms with Gasteiger partial charge in [-0.15, -0.1) is 0 Å². The molecule has 1 saturated heterocycles. The number of hydrogen-bond donors (Lipinski definition) is 0. The van der Waals surface area contributed by atoms with E-state index < -0.39 is 11.9 Å². The van der Waals surface area contributed by atoms with Gasteiger partial charge in [-0.1, -0.05) is 35.9 Å². The molecule has 0 spiro atoms. The highest BCUT2D eigenvalue weighted by Crippen LogP contribution is 2.36. The lowest BCUT2D eigenvalue weighted by molar-refractivity contribution is -0.113. The molecule has 0 bridgehead atoms. The monoisotopic (exact) mass is 561 g/mol. The quantitative estimate of drug-likeness (QED) is 0.160. The van der Waals surface area contributed by atoms with E-state index in [1.54, 1.807) is 66.7 Å². The maximum absolute atomic E-state index is 12.7. The minimum absolute atomic E-state index is 0.309. The zero-order valence-corrected chi connectivity index (χ0v) is 19.5. The second-order valence-corrected chi connectivity index (χ2v) is 9.02. The summed E-state index contributed by atoms with van der Waals surface area (Å²) < 4.78 is 6.22. The molecule has 31 heavy (non-hydrogen) atoms. The Balaban J connectivity index is 1.49. The van der Waals surface area contributed by atoms with Gasteiger partial charge in [0.2, 0.25) is 0 Å². The fraction of sp³-hybridized carbons (Fsp3) is 0. The first-order valence-electron chi connectivity index (χ1n) is 9.03. The van der Waals surface area contributed by atoms with Crippen molar-refractivity contribution >= 4 is 74.8 Å². The number of halogens is 2. The largest absolute Gasteiger partial charge is 0.423 e. The molecule has 0 saturated carbocycles. The summed E-state index contributed by atoms with van der Waals surface area (Å²) >= 11 is 8.83. The fourth-order valence-electron chi connectivity index (χ4n) is 2.85. The van der Waals surface area contributed by atoms with Crippen LogP contribution in [-0.2, 0) is 4.79 Å². The van der Waals surface area contributed by atoms with Gasteiger partial charge in [0.1, 0.15) is 5.75 Å². The third-order valence-corrected chi connectivity index (χ3v) is 6.42. The van der Waals surface area contributed by atoms with Crippen LogP contribution in [0.15, 0.2) is 77.7 Å². The van der Waals surface area contributed by atoms with Crippen molar-refractivity contribution in [3.05, 3.63) is 97.4 Å². The average Bonchev–Trinajstić information content (AvgIpc) is 3.03. The molecule has 8 heteroatoms.